The zero-order valence-electron chi connectivity index (χ0n) is 25.0. The number of aromatic nitrogens is 1. The van der Waals surface area contributed by atoms with Gasteiger partial charge in [-0.1, -0.05) is 0 Å². The Morgan fingerprint density at radius 3 is 2.25 bits per heavy atom. The van der Waals surface area contributed by atoms with Crippen LogP contribution in [0.15, 0.2) is 133 Å². The molecule has 2 aliphatic rings. The summed E-state index contributed by atoms with van der Waals surface area (Å²) in [4.78, 5) is 4.83. The number of benzene rings is 5. The van der Waals surface area contributed by atoms with E-state index in [-0.39, 0.29) is 24.8 Å². The van der Waals surface area contributed by atoms with E-state index in [0.717, 1.165) is 11.9 Å². The molecule has 0 bridgehead atoms. The van der Waals surface area contributed by atoms with Crippen LogP contribution < -0.4 is 6.54 Å². The van der Waals surface area contributed by atoms with E-state index in [1.807, 2.05) is 0 Å². The first-order valence-corrected chi connectivity index (χ1v) is 27.2. The molecule has 1 unspecified atom stereocenters. The van der Waals surface area contributed by atoms with Crippen molar-refractivity contribution in [3.8, 4) is 22.3 Å². The number of hydrogen-bond donors (Lipinski definition) is 0. The molecule has 0 fully saturated rings. The summed E-state index contributed by atoms with van der Waals surface area (Å²) in [5.74, 6) is 0. The summed E-state index contributed by atoms with van der Waals surface area (Å²) in [5.41, 5.74) is 13.7. The second-order valence-electron chi connectivity index (χ2n) is 12.7. The van der Waals surface area contributed by atoms with Gasteiger partial charge in [0.05, 0.1) is 0 Å². The quantitative estimate of drug-likeness (QED) is 0.167. The van der Waals surface area contributed by atoms with Crippen molar-refractivity contribution < 1.29 is 17.4 Å². The second kappa shape index (κ2) is 11.4. The average molecular weight is 708 g/mol. The first kappa shape index (κ1) is 30.9. The van der Waals surface area contributed by atoms with Gasteiger partial charge in [0.2, 0.25) is 0 Å². The molecule has 6 aromatic rings. The summed E-state index contributed by atoms with van der Waals surface area (Å²) in [7, 11) is 0. The van der Waals surface area contributed by atoms with Crippen LogP contribution in [0.25, 0.3) is 39.2 Å². The van der Waals surface area contributed by atoms with E-state index < -0.39 is 17.4 Å². The van der Waals surface area contributed by atoms with E-state index in [4.69, 9.17) is 4.98 Å². The molecule has 0 radical (unpaired) electrons. The zero-order valence-corrected chi connectivity index (χ0v) is 30.5. The molecule has 0 saturated heterocycles. The van der Waals surface area contributed by atoms with Gasteiger partial charge in [-0.2, -0.15) is 0 Å². The van der Waals surface area contributed by atoms with Crippen LogP contribution >= 0.6 is 24.8 Å². The van der Waals surface area contributed by atoms with Gasteiger partial charge in [-0.15, -0.1) is 24.8 Å². The summed E-state index contributed by atoms with van der Waals surface area (Å²) in [6, 6.07) is 45.4. The van der Waals surface area contributed by atoms with Gasteiger partial charge < -0.3 is 0 Å². The van der Waals surface area contributed by atoms with Gasteiger partial charge in [-0.25, -0.2) is 0 Å². The molecule has 5 heteroatoms. The molecule has 1 atom stereocenters. The first-order chi connectivity index (χ1) is 20.4. The summed E-state index contributed by atoms with van der Waals surface area (Å²) in [6.45, 7) is 4.78. The smallest absolute Gasteiger partial charge is 0.147 e. The number of nitrogens with zero attached hydrogens (tertiary/aromatic N) is 1. The molecule has 1 aromatic heterocycles. The predicted molar refractivity (Wildman–Crippen MR) is 193 cm³/mol. The van der Waals surface area contributed by atoms with Crippen LogP contribution in [0.2, 0.25) is 4.63 Å². The van der Waals surface area contributed by atoms with E-state index in [9.17, 15) is 0 Å². The third-order valence-corrected chi connectivity index (χ3v) is 32.6. The Hall–Kier alpha value is -3.07. The minimum absolute atomic E-state index is 0. The molecule has 44 heavy (non-hydrogen) atoms. The maximum atomic E-state index is 4.83. The van der Waals surface area contributed by atoms with E-state index in [1.165, 1.54) is 49.9 Å². The van der Waals surface area contributed by atoms with Crippen LogP contribution in [0.4, 0.5) is 0 Å². The minimum atomic E-state index is -4.09. The third-order valence-electron chi connectivity index (χ3n) is 10.1. The van der Waals surface area contributed by atoms with Crippen molar-refractivity contribution in [2.24, 2.45) is 0 Å². The van der Waals surface area contributed by atoms with Crippen LogP contribution in [0.5, 0.6) is 0 Å². The minimum Gasteiger partial charge on any atom is -0.147 e. The first-order valence-electron chi connectivity index (χ1n) is 14.9. The molecule has 1 heterocycles. The van der Waals surface area contributed by atoms with E-state index in [0.29, 0.717) is 3.63 Å². The average Bonchev–Trinajstić information content (AvgIpc) is 3.59. The van der Waals surface area contributed by atoms with E-state index >= 15 is 0 Å². The standard InChI is InChI=1S/C19H14N.C13H9.C6H5.CH3.2ClH.H2Si.Zr/c1-13-9-14-6-4-7-17(18(14)10-13)16-11-15-5-2-3-8-19(15)20-12-16;1-3-7-12-10(5-1)9-11-6-2-4-8-13(11)12;1-2-4-6-5-3-1;;;;;/h2-12H,1H3;1-5,7-8H,9H2;1-5H;1H3;2*1H;1H2;. The Morgan fingerprint density at radius 2 is 1.41 bits per heavy atom. The van der Waals surface area contributed by atoms with Gasteiger partial charge in [0.15, 0.2) is 0 Å². The molecule has 0 N–H and O–H groups in total. The van der Waals surface area contributed by atoms with Crippen LogP contribution in [0, 0.1) is 0 Å². The molecule has 0 spiro atoms. The number of para-hydroxylation sites is 1. The number of fused-ring (bicyclic) bond motifs is 5. The molecular formula is C39H35Cl2NSiZr. The van der Waals surface area contributed by atoms with Gasteiger partial charge in [-0.3, -0.25) is 0 Å². The van der Waals surface area contributed by atoms with Gasteiger partial charge >= 0.3 is 252 Å². The Morgan fingerprint density at radius 1 is 0.727 bits per heavy atom. The molecule has 1 nitrogen and oxygen atoms in total. The topological polar surface area (TPSA) is 12.9 Å². The predicted octanol–water partition coefficient (Wildman–Crippen LogP) is 8.71. The van der Waals surface area contributed by atoms with E-state index in [1.54, 1.807) is 12.1 Å². The van der Waals surface area contributed by atoms with E-state index in [2.05, 4.69) is 152 Å². The second-order valence-corrected chi connectivity index (χ2v) is 38.0. The summed E-state index contributed by atoms with van der Waals surface area (Å²) < 4.78 is 6.29. The van der Waals surface area contributed by atoms with Gasteiger partial charge in [0.1, 0.15) is 0 Å². The fraction of sp³-hybridized carbons (Fsp3) is 0.103. The summed E-state index contributed by atoms with van der Waals surface area (Å²) in [6.07, 6.45) is 5.57. The molecule has 0 saturated carbocycles. The number of halogens is 2. The molecule has 2 aliphatic carbocycles. The van der Waals surface area contributed by atoms with Crippen molar-refractivity contribution in [1.29, 1.82) is 0 Å². The van der Waals surface area contributed by atoms with Crippen LogP contribution in [-0.2, 0) is 23.8 Å². The molecule has 8 rings (SSSR count). The summed E-state index contributed by atoms with van der Waals surface area (Å²) in [5, 5.41) is 1.18. The van der Waals surface area contributed by atoms with Crippen molar-refractivity contribution in [3.63, 3.8) is 0 Å². The fourth-order valence-electron chi connectivity index (χ4n) is 8.25. The Balaban J connectivity index is 0.00000171. The third kappa shape index (κ3) is 4.47. The fourth-order valence-corrected chi connectivity index (χ4v) is 29.8. The molecule has 218 valence electrons. The van der Waals surface area contributed by atoms with Crippen LogP contribution in [0.3, 0.4) is 0 Å². The molecule has 0 aliphatic heterocycles. The van der Waals surface area contributed by atoms with Gasteiger partial charge in [0.25, 0.3) is 0 Å². The SMILES string of the molecule is CC1=Cc2c(-c3cnc4ccccc4c3)cccc2[CH]1[Zr]([CH3])(=[SiH2])([c]1ccccc1)[c]1cccc2c1Cc1ccccc1-2.Cl.Cl. The number of allylic oxidation sites excluding steroid dienone is 1. The summed E-state index contributed by atoms with van der Waals surface area (Å²) >= 11 is -4.09. The Bertz CT molecular complexity index is 2170. The number of pyridine rings is 1. The van der Waals surface area contributed by atoms with Crippen molar-refractivity contribution in [2.75, 3.05) is 0 Å². The maximum Gasteiger partial charge on any atom is -0.147 e. The normalized spacial score (nSPS) is 15.0. The molecule has 5 aromatic carbocycles. The van der Waals surface area contributed by atoms with Crippen molar-refractivity contribution in [2.45, 2.75) is 21.6 Å². The van der Waals surface area contributed by atoms with Crippen LogP contribution in [0.1, 0.15) is 32.8 Å². The monoisotopic (exact) mass is 705 g/mol. The largest absolute Gasteiger partial charge is 0.147 e. The van der Waals surface area contributed by atoms with Crippen molar-refractivity contribution in [1.82, 2.24) is 4.98 Å². The van der Waals surface area contributed by atoms with Crippen molar-refractivity contribution >= 4 is 55.2 Å². The molecular weight excluding hydrogens is 673 g/mol. The zero-order chi connectivity index (χ0) is 28.5. The Labute approximate surface area is 274 Å². The van der Waals surface area contributed by atoms with Crippen molar-refractivity contribution in [3.05, 3.63) is 155 Å². The number of hydrogen-bond acceptors (Lipinski definition) is 1. The Kier molecular flexibility index (Phi) is 8.00. The van der Waals surface area contributed by atoms with Gasteiger partial charge in [0, 0.05) is 0 Å². The molecule has 0 amide bonds. The van der Waals surface area contributed by atoms with Crippen LogP contribution in [-0.4, -0.2) is 11.9 Å². The maximum absolute atomic E-state index is 4.83. The number of rotatable bonds is 4. The van der Waals surface area contributed by atoms with Gasteiger partial charge in [-0.05, 0) is 0 Å².